The minimum atomic E-state index is 0.995. The van der Waals surface area contributed by atoms with E-state index >= 15 is 0 Å². The standard InChI is InChI=1S/C6H12ClN/c7-5-3-1-2-4-6-8/h5-6H,1-4,8H2. The molecule has 2 N–H and O–H groups in total. The van der Waals surface area contributed by atoms with Crippen LogP contribution in [0.15, 0.2) is 0 Å². The first-order valence-corrected chi connectivity index (χ1v) is 3.30. The van der Waals surface area contributed by atoms with Crippen molar-refractivity contribution in [1.29, 1.82) is 0 Å². The Morgan fingerprint density at radius 2 is 1.88 bits per heavy atom. The van der Waals surface area contributed by atoms with Crippen molar-refractivity contribution >= 4 is 11.6 Å². The minimum Gasteiger partial charge on any atom is -0.326 e. The van der Waals surface area contributed by atoms with Crippen molar-refractivity contribution in [3.05, 3.63) is 12.4 Å². The summed E-state index contributed by atoms with van der Waals surface area (Å²) in [6.07, 6.45) is 4.30. The van der Waals surface area contributed by atoms with Crippen molar-refractivity contribution in [1.82, 2.24) is 0 Å². The first kappa shape index (κ1) is 8.25. The molecule has 2 radical (unpaired) electrons. The van der Waals surface area contributed by atoms with Crippen LogP contribution >= 0.6 is 11.6 Å². The molecule has 0 bridgehead atoms. The molecule has 1 nitrogen and oxygen atoms in total. The summed E-state index contributed by atoms with van der Waals surface area (Å²) in [5.74, 6) is 1.66. The second-order valence-electron chi connectivity index (χ2n) is 1.67. The predicted molar refractivity (Wildman–Crippen MR) is 37.1 cm³/mol. The van der Waals surface area contributed by atoms with Crippen molar-refractivity contribution in [2.75, 3.05) is 0 Å². The average Bonchev–Trinajstić information content (AvgIpc) is 1.81. The smallest absolute Gasteiger partial charge is 0.0499 e. The molecule has 2 heteroatoms. The quantitative estimate of drug-likeness (QED) is 0.571. The number of rotatable bonds is 5. The van der Waals surface area contributed by atoms with E-state index in [4.69, 9.17) is 17.3 Å². The summed E-state index contributed by atoms with van der Waals surface area (Å²) in [4.78, 5) is 0. The highest BCUT2D eigenvalue weighted by Gasteiger charge is 1.85. The molecule has 0 fully saturated rings. The maximum Gasteiger partial charge on any atom is 0.0499 e. The van der Waals surface area contributed by atoms with E-state index < -0.39 is 0 Å². The van der Waals surface area contributed by atoms with Crippen LogP contribution in [0.2, 0.25) is 0 Å². The van der Waals surface area contributed by atoms with Gasteiger partial charge in [-0.1, -0.05) is 12.8 Å². The zero-order valence-electron chi connectivity index (χ0n) is 4.94. The van der Waals surface area contributed by atoms with Crippen LogP contribution in [0.1, 0.15) is 25.7 Å². The molecule has 0 unspecified atom stereocenters. The molecule has 0 amide bonds. The zero-order chi connectivity index (χ0) is 6.24. The van der Waals surface area contributed by atoms with Crippen LogP contribution in [-0.4, -0.2) is 0 Å². The fourth-order valence-electron chi connectivity index (χ4n) is 0.484. The second kappa shape index (κ2) is 7.25. The van der Waals surface area contributed by atoms with Gasteiger partial charge in [0.15, 0.2) is 0 Å². The normalized spacial score (nSPS) is 9.75. The van der Waals surface area contributed by atoms with E-state index in [0.29, 0.717) is 0 Å². The van der Waals surface area contributed by atoms with E-state index in [9.17, 15) is 0 Å². The Morgan fingerprint density at radius 1 is 1.25 bits per heavy atom. The summed E-state index contributed by atoms with van der Waals surface area (Å²) in [5, 5.41) is 0. The minimum absolute atomic E-state index is 0.995. The topological polar surface area (TPSA) is 26.0 Å². The van der Waals surface area contributed by atoms with Gasteiger partial charge in [-0.15, -0.1) is 11.6 Å². The molecule has 0 atom stereocenters. The third-order valence-corrected chi connectivity index (χ3v) is 1.15. The molecule has 0 aliphatic rings. The lowest BCUT2D eigenvalue weighted by Gasteiger charge is -1.92. The third-order valence-electron chi connectivity index (χ3n) is 0.934. The second-order valence-corrected chi connectivity index (χ2v) is 1.98. The van der Waals surface area contributed by atoms with Gasteiger partial charge in [0, 0.05) is 12.4 Å². The molecular formula is C6H12ClN. The Morgan fingerprint density at radius 3 is 2.38 bits per heavy atom. The molecule has 48 valence electrons. The lowest BCUT2D eigenvalue weighted by atomic mass is 10.2. The Labute approximate surface area is 56.2 Å². The van der Waals surface area contributed by atoms with Gasteiger partial charge < -0.3 is 5.73 Å². The van der Waals surface area contributed by atoms with Crippen LogP contribution in [0.4, 0.5) is 0 Å². The largest absolute Gasteiger partial charge is 0.326 e. The zero-order valence-corrected chi connectivity index (χ0v) is 5.69. The van der Waals surface area contributed by atoms with Gasteiger partial charge in [-0.2, -0.15) is 0 Å². The van der Waals surface area contributed by atoms with E-state index in [0.717, 1.165) is 25.7 Å². The number of nitrogens with two attached hydrogens (primary N) is 1. The average molecular weight is 134 g/mol. The first-order valence-electron chi connectivity index (χ1n) is 2.87. The molecule has 0 saturated heterocycles. The molecular weight excluding hydrogens is 122 g/mol. The Kier molecular flexibility index (Phi) is 7.48. The van der Waals surface area contributed by atoms with Crippen LogP contribution < -0.4 is 5.73 Å². The number of hydrogen-bond donors (Lipinski definition) is 1. The van der Waals surface area contributed by atoms with Gasteiger partial charge >= 0.3 is 0 Å². The van der Waals surface area contributed by atoms with Gasteiger partial charge in [0.1, 0.15) is 0 Å². The molecule has 0 aromatic heterocycles. The van der Waals surface area contributed by atoms with Crippen LogP contribution in [0.25, 0.3) is 0 Å². The van der Waals surface area contributed by atoms with E-state index in [1.807, 2.05) is 0 Å². The fraction of sp³-hybridized carbons (Fsp3) is 0.667. The maximum atomic E-state index is 5.31. The highest BCUT2D eigenvalue weighted by atomic mass is 35.5. The van der Waals surface area contributed by atoms with Gasteiger partial charge in [-0.3, -0.25) is 0 Å². The van der Waals surface area contributed by atoms with Crippen LogP contribution in [0.3, 0.4) is 0 Å². The Balaban J connectivity index is 2.53. The third kappa shape index (κ3) is 6.25. The predicted octanol–water partition coefficient (Wildman–Crippen LogP) is 2.07. The van der Waals surface area contributed by atoms with E-state index in [-0.39, 0.29) is 0 Å². The van der Waals surface area contributed by atoms with Gasteiger partial charge in [-0.05, 0) is 12.8 Å². The summed E-state index contributed by atoms with van der Waals surface area (Å²) in [6.45, 7) is 1.69. The van der Waals surface area contributed by atoms with E-state index in [1.165, 1.54) is 0 Å². The molecule has 0 aliphatic heterocycles. The highest BCUT2D eigenvalue weighted by Crippen LogP contribution is 2.03. The van der Waals surface area contributed by atoms with Crippen molar-refractivity contribution in [2.24, 2.45) is 5.73 Å². The first-order chi connectivity index (χ1) is 3.91. The molecule has 0 heterocycles. The molecule has 0 aromatic rings. The Hall–Kier alpha value is 0.250. The van der Waals surface area contributed by atoms with Gasteiger partial charge in [0.2, 0.25) is 0 Å². The van der Waals surface area contributed by atoms with Crippen LogP contribution in [0, 0.1) is 12.4 Å². The van der Waals surface area contributed by atoms with Crippen molar-refractivity contribution in [3.63, 3.8) is 0 Å². The number of unbranched alkanes of at least 4 members (excludes halogenated alkanes) is 3. The summed E-state index contributed by atoms with van der Waals surface area (Å²) in [5.41, 5.74) is 5.14. The van der Waals surface area contributed by atoms with Crippen molar-refractivity contribution in [3.8, 4) is 0 Å². The van der Waals surface area contributed by atoms with E-state index in [2.05, 4.69) is 0 Å². The molecule has 0 aliphatic carbocycles. The van der Waals surface area contributed by atoms with Crippen LogP contribution in [-0.2, 0) is 0 Å². The van der Waals surface area contributed by atoms with Gasteiger partial charge in [0.05, 0.1) is 0 Å². The number of halogens is 1. The summed E-state index contributed by atoms with van der Waals surface area (Å²) >= 11 is 5.31. The monoisotopic (exact) mass is 133 g/mol. The molecule has 0 rings (SSSR count). The maximum absolute atomic E-state index is 5.31. The summed E-state index contributed by atoms with van der Waals surface area (Å²) < 4.78 is 0. The van der Waals surface area contributed by atoms with Crippen molar-refractivity contribution < 1.29 is 0 Å². The van der Waals surface area contributed by atoms with Gasteiger partial charge in [0.25, 0.3) is 0 Å². The summed E-state index contributed by atoms with van der Waals surface area (Å²) in [6, 6.07) is 0. The molecule has 0 aromatic carbocycles. The lowest BCUT2D eigenvalue weighted by molar-refractivity contribution is 0.728. The van der Waals surface area contributed by atoms with Gasteiger partial charge in [-0.25, -0.2) is 0 Å². The Bertz CT molecular complexity index is 33.5. The highest BCUT2D eigenvalue weighted by molar-refractivity contribution is 6.23. The number of hydrogen-bond acceptors (Lipinski definition) is 1. The molecule has 8 heavy (non-hydrogen) atoms. The van der Waals surface area contributed by atoms with Crippen LogP contribution in [0.5, 0.6) is 0 Å². The molecule has 0 spiro atoms. The fourth-order valence-corrected chi connectivity index (χ4v) is 0.638. The summed E-state index contributed by atoms with van der Waals surface area (Å²) in [7, 11) is 0. The lowest BCUT2D eigenvalue weighted by Crippen LogP contribution is -1.88. The SMILES string of the molecule is N[CH]CCCC[CH]Cl. The van der Waals surface area contributed by atoms with E-state index in [1.54, 1.807) is 12.4 Å². The van der Waals surface area contributed by atoms with Crippen molar-refractivity contribution in [2.45, 2.75) is 25.7 Å². The molecule has 0 saturated carbocycles.